The van der Waals surface area contributed by atoms with Gasteiger partial charge in [0.15, 0.2) is 0 Å². The van der Waals surface area contributed by atoms with Crippen LogP contribution in [0.3, 0.4) is 0 Å². The Bertz CT molecular complexity index is 1280. The lowest BCUT2D eigenvalue weighted by atomic mass is 10.1. The lowest BCUT2D eigenvalue weighted by Gasteiger charge is -2.28. The minimum atomic E-state index is -3.47. The second kappa shape index (κ2) is 10.5. The molecule has 1 heterocycles. The van der Waals surface area contributed by atoms with E-state index in [9.17, 15) is 13.2 Å². The number of sulfonamides is 1. The van der Waals surface area contributed by atoms with Crippen molar-refractivity contribution in [3.8, 4) is 0 Å². The fourth-order valence-electron chi connectivity index (χ4n) is 4.32. The van der Waals surface area contributed by atoms with Crippen molar-refractivity contribution < 1.29 is 13.2 Å². The molecule has 3 aromatic carbocycles. The summed E-state index contributed by atoms with van der Waals surface area (Å²) in [6.07, 6.45) is 4.95. The molecule has 0 aliphatic carbocycles. The highest BCUT2D eigenvalue weighted by atomic mass is 32.2. The van der Waals surface area contributed by atoms with Crippen molar-refractivity contribution in [3.05, 3.63) is 89.0 Å². The summed E-state index contributed by atoms with van der Waals surface area (Å²) >= 11 is 0. The molecule has 1 aliphatic heterocycles. The summed E-state index contributed by atoms with van der Waals surface area (Å²) in [4.78, 5) is 15.1. The number of piperidine rings is 1. The molecule has 6 nitrogen and oxygen atoms in total. The van der Waals surface area contributed by atoms with E-state index in [0.29, 0.717) is 11.3 Å². The van der Waals surface area contributed by atoms with Gasteiger partial charge in [0.25, 0.3) is 5.91 Å². The first kappa shape index (κ1) is 24.8. The molecule has 1 fully saturated rings. The number of carbonyl (C=O) groups excluding carboxylic acids is 1. The van der Waals surface area contributed by atoms with Crippen molar-refractivity contribution >= 4 is 33.0 Å². The summed E-state index contributed by atoms with van der Waals surface area (Å²) in [6.45, 7) is 6.32. The van der Waals surface area contributed by atoms with Gasteiger partial charge in [-0.15, -0.1) is 0 Å². The molecular formula is C28H33N3O3S. The standard InChI is InChI=1S/C28H33N3O3S/c1-21-7-14-27(19-22(21)2)31(35(3,33)34)20-23-8-10-24(11-9-23)28(32)29-25-12-15-26(16-13-25)30-17-5-4-6-18-30/h7-16,19H,4-6,17-18,20H2,1-3H3,(H,29,32). The molecular weight excluding hydrogens is 458 g/mol. The minimum Gasteiger partial charge on any atom is -0.372 e. The van der Waals surface area contributed by atoms with E-state index in [0.717, 1.165) is 35.5 Å². The first-order valence-electron chi connectivity index (χ1n) is 12.0. The van der Waals surface area contributed by atoms with Crippen LogP contribution >= 0.6 is 0 Å². The Kier molecular flexibility index (Phi) is 7.45. The Balaban J connectivity index is 1.42. The molecule has 1 N–H and O–H groups in total. The number of benzene rings is 3. The summed E-state index contributed by atoms with van der Waals surface area (Å²) in [6, 6.07) is 20.7. The van der Waals surface area contributed by atoms with Crippen LogP contribution in [0.1, 0.15) is 46.3 Å². The topological polar surface area (TPSA) is 69.7 Å². The minimum absolute atomic E-state index is 0.196. The highest BCUT2D eigenvalue weighted by molar-refractivity contribution is 7.92. The van der Waals surface area contributed by atoms with E-state index in [1.807, 2.05) is 44.2 Å². The number of hydrogen-bond acceptors (Lipinski definition) is 4. The van der Waals surface area contributed by atoms with E-state index >= 15 is 0 Å². The number of amides is 1. The summed E-state index contributed by atoms with van der Waals surface area (Å²) in [5.41, 5.74) is 6.03. The van der Waals surface area contributed by atoms with Gasteiger partial charge in [-0.05, 0) is 98.3 Å². The number of hydrogen-bond donors (Lipinski definition) is 1. The molecule has 0 radical (unpaired) electrons. The predicted molar refractivity (Wildman–Crippen MR) is 144 cm³/mol. The number of rotatable bonds is 7. The SMILES string of the molecule is Cc1ccc(N(Cc2ccc(C(=O)Nc3ccc(N4CCCCC4)cc3)cc2)S(C)(=O)=O)cc1C. The lowest BCUT2D eigenvalue weighted by Crippen LogP contribution is -2.29. The van der Waals surface area contributed by atoms with Crippen LogP contribution in [0.15, 0.2) is 66.7 Å². The number of carbonyl (C=O) groups is 1. The second-order valence-corrected chi connectivity index (χ2v) is 11.2. The van der Waals surface area contributed by atoms with Crippen LogP contribution < -0.4 is 14.5 Å². The van der Waals surface area contributed by atoms with Gasteiger partial charge in [-0.1, -0.05) is 18.2 Å². The van der Waals surface area contributed by atoms with Gasteiger partial charge in [0.2, 0.25) is 10.0 Å². The molecule has 3 aromatic rings. The molecule has 0 atom stereocenters. The Hall–Kier alpha value is -3.32. The van der Waals surface area contributed by atoms with Crippen LogP contribution in [0.4, 0.5) is 17.1 Å². The highest BCUT2D eigenvalue weighted by Crippen LogP contribution is 2.24. The molecule has 0 aromatic heterocycles. The highest BCUT2D eigenvalue weighted by Gasteiger charge is 2.19. The molecule has 4 rings (SSSR count). The zero-order valence-electron chi connectivity index (χ0n) is 20.6. The molecule has 0 saturated carbocycles. The predicted octanol–water partition coefficient (Wildman–Crippen LogP) is 5.51. The smallest absolute Gasteiger partial charge is 0.255 e. The monoisotopic (exact) mass is 491 g/mol. The van der Waals surface area contributed by atoms with E-state index in [-0.39, 0.29) is 12.5 Å². The van der Waals surface area contributed by atoms with Crippen molar-refractivity contribution in [2.24, 2.45) is 0 Å². The normalized spacial score (nSPS) is 14.0. The molecule has 1 amide bonds. The van der Waals surface area contributed by atoms with Gasteiger partial charge in [0.05, 0.1) is 18.5 Å². The second-order valence-electron chi connectivity index (χ2n) is 9.28. The van der Waals surface area contributed by atoms with Crippen molar-refractivity contribution in [3.63, 3.8) is 0 Å². The molecule has 1 aliphatic rings. The average Bonchev–Trinajstić information content (AvgIpc) is 2.85. The molecule has 1 saturated heterocycles. The fourth-order valence-corrected chi connectivity index (χ4v) is 5.20. The average molecular weight is 492 g/mol. The summed E-state index contributed by atoms with van der Waals surface area (Å²) in [5, 5.41) is 2.95. The Labute approximate surface area is 208 Å². The lowest BCUT2D eigenvalue weighted by molar-refractivity contribution is 0.102. The van der Waals surface area contributed by atoms with Crippen LogP contribution in [0.2, 0.25) is 0 Å². The van der Waals surface area contributed by atoms with Gasteiger partial charge >= 0.3 is 0 Å². The maximum atomic E-state index is 12.8. The first-order valence-corrected chi connectivity index (χ1v) is 13.9. The van der Waals surface area contributed by atoms with Crippen molar-refractivity contribution in [1.29, 1.82) is 0 Å². The van der Waals surface area contributed by atoms with Gasteiger partial charge < -0.3 is 10.2 Å². The van der Waals surface area contributed by atoms with E-state index in [1.54, 1.807) is 24.3 Å². The first-order chi connectivity index (χ1) is 16.7. The number of nitrogens with one attached hydrogen (secondary N) is 1. The van der Waals surface area contributed by atoms with Crippen LogP contribution in [0.25, 0.3) is 0 Å². The van der Waals surface area contributed by atoms with Crippen LogP contribution in [0.5, 0.6) is 0 Å². The zero-order chi connectivity index (χ0) is 25.0. The largest absolute Gasteiger partial charge is 0.372 e. The summed E-state index contributed by atoms with van der Waals surface area (Å²) < 4.78 is 26.4. The molecule has 0 spiro atoms. The van der Waals surface area contributed by atoms with E-state index in [4.69, 9.17) is 0 Å². The molecule has 7 heteroatoms. The van der Waals surface area contributed by atoms with Gasteiger partial charge in [-0.3, -0.25) is 9.10 Å². The zero-order valence-corrected chi connectivity index (χ0v) is 21.4. The van der Waals surface area contributed by atoms with Crippen LogP contribution in [-0.4, -0.2) is 33.7 Å². The van der Waals surface area contributed by atoms with Crippen molar-refractivity contribution in [2.75, 3.05) is 33.9 Å². The molecule has 35 heavy (non-hydrogen) atoms. The van der Waals surface area contributed by atoms with Gasteiger partial charge in [0.1, 0.15) is 0 Å². The molecule has 0 unspecified atom stereocenters. The van der Waals surface area contributed by atoms with Gasteiger partial charge in [-0.25, -0.2) is 8.42 Å². The van der Waals surface area contributed by atoms with Gasteiger partial charge in [-0.2, -0.15) is 0 Å². The fraction of sp³-hybridized carbons (Fsp3) is 0.321. The van der Waals surface area contributed by atoms with Crippen molar-refractivity contribution in [1.82, 2.24) is 0 Å². The Morgan fingerprint density at radius 3 is 2.14 bits per heavy atom. The molecule has 0 bridgehead atoms. The molecule has 184 valence electrons. The third-order valence-corrected chi connectivity index (χ3v) is 7.71. The number of nitrogens with zero attached hydrogens (tertiary/aromatic N) is 2. The van der Waals surface area contributed by atoms with Crippen molar-refractivity contribution in [2.45, 2.75) is 39.7 Å². The van der Waals surface area contributed by atoms with E-state index in [2.05, 4.69) is 22.3 Å². The van der Waals surface area contributed by atoms with E-state index < -0.39 is 10.0 Å². The number of anilines is 3. The number of aryl methyl sites for hydroxylation is 2. The Morgan fingerprint density at radius 1 is 0.886 bits per heavy atom. The Morgan fingerprint density at radius 2 is 1.54 bits per heavy atom. The third kappa shape index (κ3) is 6.22. The van der Waals surface area contributed by atoms with E-state index in [1.165, 1.54) is 35.5 Å². The van der Waals surface area contributed by atoms with Crippen LogP contribution in [-0.2, 0) is 16.6 Å². The maximum Gasteiger partial charge on any atom is 0.255 e. The van der Waals surface area contributed by atoms with Crippen LogP contribution in [0, 0.1) is 13.8 Å². The summed E-state index contributed by atoms with van der Waals surface area (Å²) in [5.74, 6) is -0.198. The maximum absolute atomic E-state index is 12.8. The summed E-state index contributed by atoms with van der Waals surface area (Å²) in [7, 11) is -3.47. The quantitative estimate of drug-likeness (QED) is 0.473. The van der Waals surface area contributed by atoms with Gasteiger partial charge in [0, 0.05) is 30.0 Å². The third-order valence-electron chi connectivity index (χ3n) is 6.57.